The molecule has 1 atom stereocenters. The Morgan fingerprint density at radius 1 is 1.14 bits per heavy atom. The Bertz CT molecular complexity index is 1400. The van der Waals surface area contributed by atoms with Gasteiger partial charge in [0, 0.05) is 30.4 Å². The van der Waals surface area contributed by atoms with E-state index in [0.29, 0.717) is 17.9 Å². The van der Waals surface area contributed by atoms with Gasteiger partial charge in [0.1, 0.15) is 11.6 Å². The summed E-state index contributed by atoms with van der Waals surface area (Å²) in [6, 6.07) is 12.4. The number of anilines is 3. The Morgan fingerprint density at radius 2 is 1.86 bits per heavy atom. The standard InChI is InChI=1S/C24H25Cl2N7O2/c1-14(12-32(2)3)13-35-16-7-4-6-15(10-16)29-23-28-11-17-21(27)33(24(34)31-22(17)30-23)20-18(25)8-5-9-19(20)26/h4-11,14H,12-13,27H2,1-3H3,(H,29,30,31,34). The van der Waals surface area contributed by atoms with E-state index < -0.39 is 5.69 Å². The molecule has 0 saturated heterocycles. The molecule has 182 valence electrons. The lowest BCUT2D eigenvalue weighted by Crippen LogP contribution is -2.25. The summed E-state index contributed by atoms with van der Waals surface area (Å²) >= 11 is 12.5. The Hall–Kier alpha value is -3.40. The van der Waals surface area contributed by atoms with Crippen molar-refractivity contribution in [2.24, 2.45) is 5.92 Å². The minimum Gasteiger partial charge on any atom is -0.493 e. The number of halogens is 2. The van der Waals surface area contributed by atoms with Crippen molar-refractivity contribution in [3.8, 4) is 11.4 Å². The third-order valence-electron chi connectivity index (χ3n) is 5.14. The van der Waals surface area contributed by atoms with Crippen LogP contribution in [0.15, 0.2) is 53.5 Å². The fourth-order valence-corrected chi connectivity index (χ4v) is 4.26. The van der Waals surface area contributed by atoms with Crippen LogP contribution >= 0.6 is 23.2 Å². The molecule has 0 amide bonds. The maximum absolute atomic E-state index is 12.8. The van der Waals surface area contributed by atoms with Crippen molar-refractivity contribution in [3.05, 3.63) is 69.2 Å². The fraction of sp³-hybridized carbons (Fsp3) is 0.250. The number of hydrogen-bond donors (Lipinski definition) is 2. The topological polar surface area (TPSA) is 111 Å². The van der Waals surface area contributed by atoms with Gasteiger partial charge in [-0.25, -0.2) is 14.3 Å². The first-order valence-electron chi connectivity index (χ1n) is 10.9. The molecule has 0 bridgehead atoms. The van der Waals surface area contributed by atoms with Crippen LogP contribution in [0.1, 0.15) is 6.92 Å². The summed E-state index contributed by atoms with van der Waals surface area (Å²) in [5.41, 5.74) is 6.76. The van der Waals surface area contributed by atoms with Crippen LogP contribution in [-0.2, 0) is 0 Å². The first-order chi connectivity index (χ1) is 16.7. The van der Waals surface area contributed by atoms with Crippen LogP contribution in [0.4, 0.5) is 17.5 Å². The van der Waals surface area contributed by atoms with E-state index in [0.717, 1.165) is 22.5 Å². The van der Waals surface area contributed by atoms with Crippen molar-refractivity contribution in [3.63, 3.8) is 0 Å². The molecule has 0 fully saturated rings. The molecular weight excluding hydrogens is 489 g/mol. The van der Waals surface area contributed by atoms with E-state index in [1.165, 1.54) is 6.20 Å². The third kappa shape index (κ3) is 5.64. The minimum atomic E-state index is -0.656. The van der Waals surface area contributed by atoms with E-state index in [1.54, 1.807) is 18.2 Å². The van der Waals surface area contributed by atoms with E-state index in [1.807, 2.05) is 38.4 Å². The van der Waals surface area contributed by atoms with E-state index in [-0.39, 0.29) is 33.1 Å². The SMILES string of the molecule is CC(COc1cccc(Nc2ncc3c(N)n(-c4c(Cl)cccc4Cl)c(=O)nc3n2)c1)CN(C)C. The van der Waals surface area contributed by atoms with Gasteiger partial charge in [0.2, 0.25) is 5.95 Å². The van der Waals surface area contributed by atoms with Crippen molar-refractivity contribution in [2.45, 2.75) is 6.92 Å². The van der Waals surface area contributed by atoms with Crippen LogP contribution in [0.3, 0.4) is 0 Å². The summed E-state index contributed by atoms with van der Waals surface area (Å²) in [4.78, 5) is 27.7. The predicted molar refractivity (Wildman–Crippen MR) is 140 cm³/mol. The number of ether oxygens (including phenoxy) is 1. The third-order valence-corrected chi connectivity index (χ3v) is 5.75. The molecule has 1 unspecified atom stereocenters. The van der Waals surface area contributed by atoms with Crippen molar-refractivity contribution in [2.75, 3.05) is 38.3 Å². The number of para-hydroxylation sites is 1. The maximum Gasteiger partial charge on any atom is 0.355 e. The van der Waals surface area contributed by atoms with Gasteiger partial charge in [-0.2, -0.15) is 9.97 Å². The lowest BCUT2D eigenvalue weighted by Gasteiger charge is -2.17. The molecule has 11 heteroatoms. The highest BCUT2D eigenvalue weighted by Gasteiger charge is 2.17. The van der Waals surface area contributed by atoms with Gasteiger partial charge in [0.15, 0.2) is 5.65 Å². The van der Waals surface area contributed by atoms with Crippen molar-refractivity contribution in [1.82, 2.24) is 24.4 Å². The Kier molecular flexibility index (Phi) is 7.39. The lowest BCUT2D eigenvalue weighted by molar-refractivity contribution is 0.222. The molecule has 35 heavy (non-hydrogen) atoms. The zero-order valence-electron chi connectivity index (χ0n) is 19.5. The molecule has 4 rings (SSSR count). The van der Waals surface area contributed by atoms with Gasteiger partial charge in [0.05, 0.1) is 27.7 Å². The minimum absolute atomic E-state index is 0.0868. The molecule has 9 nitrogen and oxygen atoms in total. The highest BCUT2D eigenvalue weighted by atomic mass is 35.5. The second kappa shape index (κ2) is 10.5. The highest BCUT2D eigenvalue weighted by Crippen LogP contribution is 2.30. The molecule has 2 aromatic heterocycles. The van der Waals surface area contributed by atoms with Crippen LogP contribution < -0.4 is 21.5 Å². The molecule has 2 heterocycles. The normalized spacial score (nSPS) is 12.2. The van der Waals surface area contributed by atoms with Gasteiger partial charge in [-0.1, -0.05) is 42.3 Å². The molecule has 0 spiro atoms. The van der Waals surface area contributed by atoms with Gasteiger partial charge in [-0.3, -0.25) is 0 Å². The number of nitrogens with one attached hydrogen (secondary N) is 1. The van der Waals surface area contributed by atoms with Crippen molar-refractivity contribution in [1.29, 1.82) is 0 Å². The summed E-state index contributed by atoms with van der Waals surface area (Å²) in [6.45, 7) is 3.67. The molecule has 0 aliphatic heterocycles. The quantitative estimate of drug-likeness (QED) is 0.356. The average Bonchev–Trinajstić information content (AvgIpc) is 2.79. The second-order valence-corrected chi connectivity index (χ2v) is 9.26. The number of nitrogen functional groups attached to an aromatic ring is 1. The second-order valence-electron chi connectivity index (χ2n) is 8.45. The maximum atomic E-state index is 12.8. The molecule has 4 aromatic rings. The lowest BCUT2D eigenvalue weighted by atomic mass is 10.2. The van der Waals surface area contributed by atoms with Gasteiger partial charge < -0.3 is 20.7 Å². The van der Waals surface area contributed by atoms with Crippen LogP contribution in [0.2, 0.25) is 10.0 Å². The fourth-order valence-electron chi connectivity index (χ4n) is 3.69. The molecular formula is C24H25Cl2N7O2. The average molecular weight is 514 g/mol. The van der Waals surface area contributed by atoms with E-state index >= 15 is 0 Å². The Morgan fingerprint density at radius 3 is 2.57 bits per heavy atom. The number of nitrogens with two attached hydrogens (primary N) is 1. The number of nitrogens with zero attached hydrogens (tertiary/aromatic N) is 5. The van der Waals surface area contributed by atoms with Crippen molar-refractivity contribution < 1.29 is 4.74 Å². The van der Waals surface area contributed by atoms with Gasteiger partial charge in [-0.05, 0) is 38.4 Å². The number of aromatic nitrogens is 4. The van der Waals surface area contributed by atoms with Gasteiger partial charge >= 0.3 is 5.69 Å². The summed E-state index contributed by atoms with van der Waals surface area (Å²) in [5, 5.41) is 4.04. The molecule has 0 saturated carbocycles. The van der Waals surface area contributed by atoms with Gasteiger partial charge in [-0.15, -0.1) is 0 Å². The predicted octanol–water partition coefficient (Wildman–Crippen LogP) is 4.38. The monoisotopic (exact) mass is 513 g/mol. The first-order valence-corrected chi connectivity index (χ1v) is 11.6. The number of fused-ring (bicyclic) bond motifs is 1. The van der Waals surface area contributed by atoms with Crippen molar-refractivity contribution >= 4 is 51.7 Å². The van der Waals surface area contributed by atoms with E-state index in [4.69, 9.17) is 33.7 Å². The molecule has 0 aliphatic carbocycles. The Balaban J connectivity index is 1.59. The van der Waals surface area contributed by atoms with Crippen LogP contribution in [0.5, 0.6) is 5.75 Å². The zero-order valence-corrected chi connectivity index (χ0v) is 21.0. The molecule has 0 radical (unpaired) electrons. The smallest absolute Gasteiger partial charge is 0.355 e. The number of benzene rings is 2. The highest BCUT2D eigenvalue weighted by molar-refractivity contribution is 6.37. The van der Waals surface area contributed by atoms with Crippen LogP contribution in [0, 0.1) is 5.92 Å². The number of rotatable bonds is 8. The van der Waals surface area contributed by atoms with Crippen LogP contribution in [0.25, 0.3) is 16.7 Å². The molecule has 2 aromatic carbocycles. The summed E-state index contributed by atoms with van der Waals surface area (Å²) in [6.07, 6.45) is 1.50. The summed E-state index contributed by atoms with van der Waals surface area (Å²) in [7, 11) is 4.07. The largest absolute Gasteiger partial charge is 0.493 e. The van der Waals surface area contributed by atoms with Crippen LogP contribution in [-0.4, -0.2) is 51.7 Å². The Labute approximate surface area is 212 Å². The summed E-state index contributed by atoms with van der Waals surface area (Å²) < 4.78 is 7.08. The summed E-state index contributed by atoms with van der Waals surface area (Å²) in [5.74, 6) is 1.45. The first kappa shape index (κ1) is 24.7. The number of hydrogen-bond acceptors (Lipinski definition) is 8. The van der Waals surface area contributed by atoms with E-state index in [9.17, 15) is 4.79 Å². The zero-order chi connectivity index (χ0) is 25.1. The molecule has 0 aliphatic rings. The molecule has 3 N–H and O–H groups in total. The van der Waals surface area contributed by atoms with Gasteiger partial charge in [0.25, 0.3) is 0 Å². The van der Waals surface area contributed by atoms with E-state index in [2.05, 4.69) is 32.1 Å².